The molecule has 5 heteroatoms. The molecule has 3 N–H and O–H groups in total. The van der Waals surface area contributed by atoms with Gasteiger partial charge in [-0.1, -0.05) is 84.0 Å². The smallest absolute Gasteiger partial charge is 0.325 e. The minimum Gasteiger partial charge on any atom is -0.480 e. The first-order valence-corrected chi connectivity index (χ1v) is 13.3. The molecule has 0 fully saturated rings. The Labute approximate surface area is 223 Å². The second-order valence-corrected chi connectivity index (χ2v) is 11.3. The van der Waals surface area contributed by atoms with E-state index in [0.717, 1.165) is 35.1 Å². The highest BCUT2D eigenvalue weighted by Gasteiger charge is 2.36. The van der Waals surface area contributed by atoms with Crippen LogP contribution in [0.25, 0.3) is 6.08 Å². The summed E-state index contributed by atoms with van der Waals surface area (Å²) in [6, 6.07) is 11.4. The summed E-state index contributed by atoms with van der Waals surface area (Å²) >= 11 is 0. The van der Waals surface area contributed by atoms with Crippen LogP contribution in [0, 0.1) is 19.3 Å². The monoisotopic (exact) mass is 507 g/mol. The number of aliphatic carboxylic acids is 1. The van der Waals surface area contributed by atoms with E-state index in [-0.39, 0.29) is 16.7 Å². The summed E-state index contributed by atoms with van der Waals surface area (Å²) in [4.78, 5) is 23.8. The summed E-state index contributed by atoms with van der Waals surface area (Å²) in [6.45, 7) is 18.0. The second-order valence-electron chi connectivity index (χ2n) is 11.3. The van der Waals surface area contributed by atoms with Gasteiger partial charge in [0.1, 0.15) is 6.04 Å². The van der Waals surface area contributed by atoms with Crippen LogP contribution in [-0.2, 0) is 10.2 Å². The van der Waals surface area contributed by atoms with Crippen LogP contribution in [0.2, 0.25) is 0 Å². The molecule has 0 aliphatic heterocycles. The Morgan fingerprint density at radius 3 is 1.89 bits per heavy atom. The fourth-order valence-corrected chi connectivity index (χ4v) is 5.07. The Balaban J connectivity index is 2.47. The predicted molar refractivity (Wildman–Crippen MR) is 152 cm³/mol. The van der Waals surface area contributed by atoms with Gasteiger partial charge in [0.2, 0.25) is 0 Å². The van der Waals surface area contributed by atoms with Gasteiger partial charge in [0.25, 0.3) is 5.91 Å². The van der Waals surface area contributed by atoms with Gasteiger partial charge in [-0.25, -0.2) is 0 Å². The van der Waals surface area contributed by atoms with Crippen molar-refractivity contribution in [3.63, 3.8) is 0 Å². The van der Waals surface area contributed by atoms with E-state index in [9.17, 15) is 14.7 Å². The van der Waals surface area contributed by atoms with E-state index in [1.54, 1.807) is 6.07 Å². The minimum absolute atomic E-state index is 0.226. The third kappa shape index (κ3) is 6.32. The molecule has 37 heavy (non-hydrogen) atoms. The van der Waals surface area contributed by atoms with Gasteiger partial charge in [0, 0.05) is 11.0 Å². The molecular weight excluding hydrogens is 462 g/mol. The quantitative estimate of drug-likeness (QED) is 0.330. The van der Waals surface area contributed by atoms with Gasteiger partial charge in [-0.3, -0.25) is 9.59 Å². The first-order valence-electron chi connectivity index (χ1n) is 13.3. The van der Waals surface area contributed by atoms with Crippen molar-refractivity contribution in [3.8, 4) is 0 Å². The van der Waals surface area contributed by atoms with E-state index in [4.69, 9.17) is 5.11 Å². The van der Waals surface area contributed by atoms with Gasteiger partial charge >= 0.3 is 5.97 Å². The third-order valence-electron chi connectivity index (χ3n) is 8.15. The molecule has 0 aromatic heterocycles. The van der Waals surface area contributed by atoms with Crippen LogP contribution in [0.1, 0.15) is 106 Å². The standard InChI is InChI=1S/C32H45NO4/c1-10-31(11-2,26-15-16-27(22(5)20-26)28(34)33-23(6)29(35)36)25-14-13-24(21(4)19-25)17-18-32(37,12-3)30(7,8)9/h13-20,23,37H,10-12H2,1-9H3,(H,33,34)(H,35,36)/b18-17+. The second kappa shape index (κ2) is 11.6. The maximum absolute atomic E-state index is 12.6. The lowest BCUT2D eigenvalue weighted by atomic mass is 9.69. The van der Waals surface area contributed by atoms with Gasteiger partial charge in [0.15, 0.2) is 0 Å². The lowest BCUT2D eigenvalue weighted by Crippen LogP contribution is -2.40. The minimum atomic E-state index is -1.06. The molecule has 2 unspecified atom stereocenters. The summed E-state index contributed by atoms with van der Waals surface area (Å²) in [5.41, 5.74) is 4.49. The van der Waals surface area contributed by atoms with Crippen molar-refractivity contribution in [2.24, 2.45) is 5.41 Å². The number of hydrogen-bond acceptors (Lipinski definition) is 3. The highest BCUT2D eigenvalue weighted by atomic mass is 16.4. The number of carboxylic acid groups (broad SMARTS) is 1. The molecule has 0 aliphatic rings. The van der Waals surface area contributed by atoms with Crippen molar-refractivity contribution in [1.29, 1.82) is 0 Å². The number of carbonyl (C=O) groups excluding carboxylic acids is 1. The molecule has 5 nitrogen and oxygen atoms in total. The SMILES string of the molecule is CCC(CC)(c1ccc(/C=C/C(O)(CC)C(C)(C)C)c(C)c1)c1ccc(C(=O)NC(C)C(=O)O)c(C)c1. The molecule has 1 amide bonds. The Bertz CT molecular complexity index is 1150. The third-order valence-corrected chi connectivity index (χ3v) is 8.15. The number of hydrogen-bond donors (Lipinski definition) is 3. The zero-order chi connectivity index (χ0) is 28.2. The molecule has 0 aliphatic carbocycles. The van der Waals surface area contributed by atoms with Gasteiger partial charge in [0.05, 0.1) is 5.60 Å². The zero-order valence-corrected chi connectivity index (χ0v) is 24.0. The molecular formula is C32H45NO4. The van der Waals surface area contributed by atoms with Crippen molar-refractivity contribution < 1.29 is 19.8 Å². The van der Waals surface area contributed by atoms with Crippen molar-refractivity contribution in [2.45, 2.75) is 98.6 Å². The average molecular weight is 508 g/mol. The van der Waals surface area contributed by atoms with Crippen LogP contribution in [0.15, 0.2) is 42.5 Å². The Morgan fingerprint density at radius 2 is 1.46 bits per heavy atom. The topological polar surface area (TPSA) is 86.6 Å². The molecule has 202 valence electrons. The van der Waals surface area contributed by atoms with Crippen LogP contribution in [0.4, 0.5) is 0 Å². The molecule has 0 heterocycles. The normalized spacial score (nSPS) is 14.9. The number of aryl methyl sites for hydroxylation is 2. The summed E-state index contributed by atoms with van der Waals surface area (Å²) in [5.74, 6) is -1.45. The molecule has 0 spiro atoms. The average Bonchev–Trinajstić information content (AvgIpc) is 2.83. The van der Waals surface area contributed by atoms with Gasteiger partial charge < -0.3 is 15.5 Å². The van der Waals surface area contributed by atoms with Crippen molar-refractivity contribution in [1.82, 2.24) is 5.32 Å². The van der Waals surface area contributed by atoms with E-state index in [2.05, 4.69) is 71.1 Å². The summed E-state index contributed by atoms with van der Waals surface area (Å²) in [6.07, 6.45) is 6.38. The van der Waals surface area contributed by atoms with Crippen LogP contribution >= 0.6 is 0 Å². The molecule has 2 rings (SSSR count). The van der Waals surface area contributed by atoms with Crippen molar-refractivity contribution in [2.75, 3.05) is 0 Å². The number of carbonyl (C=O) groups is 2. The Kier molecular flexibility index (Phi) is 9.53. The summed E-state index contributed by atoms with van der Waals surface area (Å²) in [5, 5.41) is 22.8. The Morgan fingerprint density at radius 1 is 0.919 bits per heavy atom. The zero-order valence-electron chi connectivity index (χ0n) is 24.0. The van der Waals surface area contributed by atoms with Gasteiger partial charge in [-0.15, -0.1) is 0 Å². The maximum atomic E-state index is 12.6. The van der Waals surface area contributed by atoms with Crippen molar-refractivity contribution in [3.05, 3.63) is 75.9 Å². The molecule has 0 saturated carbocycles. The molecule has 2 aromatic carbocycles. The maximum Gasteiger partial charge on any atom is 0.325 e. The van der Waals surface area contributed by atoms with Crippen LogP contribution in [0.5, 0.6) is 0 Å². The van der Waals surface area contributed by atoms with Crippen LogP contribution in [0.3, 0.4) is 0 Å². The predicted octanol–water partition coefficient (Wildman–Crippen LogP) is 6.81. The molecule has 0 bridgehead atoms. The van der Waals surface area contributed by atoms with Crippen LogP contribution in [-0.4, -0.2) is 33.7 Å². The lowest BCUT2D eigenvalue weighted by Gasteiger charge is -2.37. The van der Waals surface area contributed by atoms with E-state index in [1.165, 1.54) is 12.5 Å². The first kappa shape index (κ1) is 30.3. The van der Waals surface area contributed by atoms with Crippen LogP contribution < -0.4 is 5.32 Å². The summed E-state index contributed by atoms with van der Waals surface area (Å²) in [7, 11) is 0. The highest BCUT2D eigenvalue weighted by molar-refractivity contribution is 5.97. The lowest BCUT2D eigenvalue weighted by molar-refractivity contribution is -0.138. The number of amides is 1. The largest absolute Gasteiger partial charge is 0.480 e. The molecule has 2 atom stereocenters. The number of benzene rings is 2. The number of carboxylic acids is 1. The molecule has 0 radical (unpaired) electrons. The van der Waals surface area contributed by atoms with E-state index < -0.39 is 17.6 Å². The summed E-state index contributed by atoms with van der Waals surface area (Å²) < 4.78 is 0. The number of rotatable bonds is 10. The van der Waals surface area contributed by atoms with E-state index in [1.807, 2.05) is 32.1 Å². The first-order chi connectivity index (χ1) is 17.2. The fourth-order valence-electron chi connectivity index (χ4n) is 5.07. The highest BCUT2D eigenvalue weighted by Crippen LogP contribution is 2.41. The van der Waals surface area contributed by atoms with Crippen molar-refractivity contribution >= 4 is 18.0 Å². The fraction of sp³-hybridized carbons (Fsp3) is 0.500. The van der Waals surface area contributed by atoms with E-state index >= 15 is 0 Å². The number of nitrogens with one attached hydrogen (secondary N) is 1. The van der Waals surface area contributed by atoms with Gasteiger partial charge in [-0.05, 0) is 79.3 Å². The number of aliphatic hydroxyl groups is 1. The Hall–Kier alpha value is -2.92. The van der Waals surface area contributed by atoms with Gasteiger partial charge in [-0.2, -0.15) is 0 Å². The molecule has 0 saturated heterocycles. The van der Waals surface area contributed by atoms with E-state index in [0.29, 0.717) is 12.0 Å². The molecule has 2 aromatic rings.